The van der Waals surface area contributed by atoms with Crippen LogP contribution in [0.1, 0.15) is 60.8 Å². The van der Waals surface area contributed by atoms with Crippen molar-refractivity contribution in [1.82, 2.24) is 0 Å². The predicted octanol–water partition coefficient (Wildman–Crippen LogP) is 6.07. The molecule has 1 nitrogen and oxygen atoms in total. The molecule has 0 aliphatic rings. The molecule has 0 atom stereocenters. The molecule has 2 radical (unpaired) electrons. The fraction of sp³-hybridized carbons (Fsp3) is 0.520. The van der Waals surface area contributed by atoms with Gasteiger partial charge in [-0.2, -0.15) is 0 Å². The molecule has 0 spiro atoms. The Kier molecular flexibility index (Phi) is 9.86. The van der Waals surface area contributed by atoms with Gasteiger partial charge in [-0.1, -0.05) is 0 Å². The molecule has 2 rings (SSSR count). The molecular formula is C25H38Ge2O. The van der Waals surface area contributed by atoms with Gasteiger partial charge in [0.25, 0.3) is 0 Å². The van der Waals surface area contributed by atoms with Crippen LogP contribution in [-0.4, -0.2) is 34.6 Å². The molecule has 0 saturated carbocycles. The first-order chi connectivity index (χ1) is 13.4. The van der Waals surface area contributed by atoms with Crippen LogP contribution in [0.4, 0.5) is 0 Å². The van der Waals surface area contributed by atoms with Crippen LogP contribution in [0.25, 0.3) is 0 Å². The van der Waals surface area contributed by atoms with Crippen LogP contribution in [0, 0.1) is 0 Å². The van der Waals surface area contributed by atoms with E-state index < -0.39 is 29.0 Å². The standard InChI is InChI=1S/C25H38Ge2O/c1-7-25(8-2,19-20-26(21(3)4)22(5)6)28-27(23-15-11-9-12-16-23)24-17-13-10-14-18-24/h9-18,21-22H,7-8,19-20H2,1-6H3. The van der Waals surface area contributed by atoms with Crippen molar-refractivity contribution in [1.29, 1.82) is 0 Å². The van der Waals surface area contributed by atoms with Crippen LogP contribution in [0.15, 0.2) is 60.7 Å². The van der Waals surface area contributed by atoms with Crippen LogP contribution in [0.2, 0.25) is 14.8 Å². The van der Waals surface area contributed by atoms with Crippen molar-refractivity contribution in [2.75, 3.05) is 0 Å². The van der Waals surface area contributed by atoms with Crippen LogP contribution < -0.4 is 8.79 Å². The monoisotopic (exact) mass is 502 g/mol. The van der Waals surface area contributed by atoms with E-state index in [4.69, 9.17) is 3.76 Å². The van der Waals surface area contributed by atoms with Gasteiger partial charge < -0.3 is 0 Å². The summed E-state index contributed by atoms with van der Waals surface area (Å²) in [5.74, 6) is 0. The molecule has 0 aliphatic carbocycles. The first-order valence-corrected chi connectivity index (χ1v) is 17.8. The van der Waals surface area contributed by atoms with Gasteiger partial charge in [-0.3, -0.25) is 0 Å². The number of benzene rings is 2. The molecule has 0 unspecified atom stereocenters. The van der Waals surface area contributed by atoms with Gasteiger partial charge in [0.05, 0.1) is 0 Å². The number of rotatable bonds is 11. The van der Waals surface area contributed by atoms with Gasteiger partial charge in [-0.25, -0.2) is 0 Å². The summed E-state index contributed by atoms with van der Waals surface area (Å²) in [7, 11) is 0. The fourth-order valence-electron chi connectivity index (χ4n) is 4.10. The van der Waals surface area contributed by atoms with Gasteiger partial charge in [0.2, 0.25) is 0 Å². The summed E-state index contributed by atoms with van der Waals surface area (Å²) in [6, 6.07) is 22.0. The van der Waals surface area contributed by atoms with Crippen LogP contribution in [0.3, 0.4) is 0 Å². The maximum absolute atomic E-state index is 7.21. The van der Waals surface area contributed by atoms with E-state index in [0.717, 1.165) is 22.3 Å². The molecule has 0 heterocycles. The summed E-state index contributed by atoms with van der Waals surface area (Å²) in [6.45, 7) is 14.5. The summed E-state index contributed by atoms with van der Waals surface area (Å²) in [4.78, 5) is 0. The Morgan fingerprint density at radius 1 is 0.750 bits per heavy atom. The zero-order chi connectivity index (χ0) is 20.6. The van der Waals surface area contributed by atoms with Gasteiger partial charge in [0.15, 0.2) is 0 Å². The SMILES string of the molecule is CCC(CC)(C[CH2][Ge]([CH](C)C)[CH](C)C)[O][Ge]([c]1ccccc1)[c]1ccccc1. The molecule has 0 aliphatic heterocycles. The molecule has 0 N–H and O–H groups in total. The van der Waals surface area contributed by atoms with E-state index in [2.05, 4.69) is 102 Å². The third-order valence-corrected chi connectivity index (χ3v) is 18.9. The number of hydrogen-bond donors (Lipinski definition) is 0. The summed E-state index contributed by atoms with van der Waals surface area (Å²) >= 11 is -3.11. The van der Waals surface area contributed by atoms with Gasteiger partial charge in [-0.15, -0.1) is 0 Å². The molecule has 2 aromatic rings. The zero-order valence-electron chi connectivity index (χ0n) is 18.7. The van der Waals surface area contributed by atoms with Crippen molar-refractivity contribution in [2.45, 2.75) is 81.2 Å². The predicted molar refractivity (Wildman–Crippen MR) is 128 cm³/mol. The van der Waals surface area contributed by atoms with E-state index in [1.54, 1.807) is 0 Å². The first-order valence-electron chi connectivity index (χ1n) is 10.9. The number of hydrogen-bond acceptors (Lipinski definition) is 1. The van der Waals surface area contributed by atoms with E-state index >= 15 is 0 Å². The van der Waals surface area contributed by atoms with E-state index in [-0.39, 0.29) is 5.60 Å². The Bertz CT molecular complexity index is 618. The third-order valence-electron chi connectivity index (χ3n) is 6.03. The topological polar surface area (TPSA) is 9.23 Å². The summed E-state index contributed by atoms with van der Waals surface area (Å²) < 4.78 is 11.8. The Morgan fingerprint density at radius 2 is 1.18 bits per heavy atom. The van der Waals surface area contributed by atoms with Crippen molar-refractivity contribution in [3.05, 3.63) is 60.7 Å². The van der Waals surface area contributed by atoms with E-state index in [1.165, 1.54) is 20.5 Å². The molecule has 152 valence electrons. The molecular weight excluding hydrogens is 461 g/mol. The van der Waals surface area contributed by atoms with Crippen molar-refractivity contribution in [2.24, 2.45) is 0 Å². The van der Waals surface area contributed by atoms with Crippen molar-refractivity contribution >= 4 is 37.8 Å². The molecule has 3 heteroatoms. The van der Waals surface area contributed by atoms with Gasteiger partial charge in [0, 0.05) is 0 Å². The quantitative estimate of drug-likeness (QED) is 0.341. The molecule has 0 bridgehead atoms. The minimum absolute atomic E-state index is 0.0308. The second-order valence-electron chi connectivity index (χ2n) is 8.44. The van der Waals surface area contributed by atoms with Crippen molar-refractivity contribution in [3.8, 4) is 0 Å². The van der Waals surface area contributed by atoms with Crippen LogP contribution in [-0.2, 0) is 3.76 Å². The van der Waals surface area contributed by atoms with Crippen LogP contribution in [0.5, 0.6) is 0 Å². The van der Waals surface area contributed by atoms with E-state index in [0.29, 0.717) is 0 Å². The Morgan fingerprint density at radius 3 is 1.54 bits per heavy atom. The normalized spacial score (nSPS) is 12.5. The molecule has 0 saturated heterocycles. The molecule has 28 heavy (non-hydrogen) atoms. The minimum atomic E-state index is -2.05. The summed E-state index contributed by atoms with van der Waals surface area (Å²) in [5, 5.41) is 1.42. The second-order valence-corrected chi connectivity index (χ2v) is 21.0. The van der Waals surface area contributed by atoms with E-state index in [1.807, 2.05) is 0 Å². The third kappa shape index (κ3) is 6.50. The van der Waals surface area contributed by atoms with Gasteiger partial charge in [-0.05, 0) is 0 Å². The molecule has 0 amide bonds. The maximum atomic E-state index is 7.21. The van der Waals surface area contributed by atoms with Crippen molar-refractivity contribution < 1.29 is 3.76 Å². The summed E-state index contributed by atoms with van der Waals surface area (Å²) in [5.41, 5.74) is 0.0308. The van der Waals surface area contributed by atoms with Crippen LogP contribution >= 0.6 is 0 Å². The average molecular weight is 500 g/mol. The fourth-order valence-corrected chi connectivity index (χ4v) is 15.9. The molecule has 0 aromatic heterocycles. The Hall–Kier alpha value is -0.514. The summed E-state index contributed by atoms with van der Waals surface area (Å²) in [6.07, 6.45) is 3.46. The van der Waals surface area contributed by atoms with Gasteiger partial charge >= 0.3 is 183 Å². The molecule has 0 fully saturated rings. The molecule has 2 aromatic carbocycles. The Balaban J connectivity index is 2.29. The van der Waals surface area contributed by atoms with Crippen molar-refractivity contribution in [3.63, 3.8) is 0 Å². The van der Waals surface area contributed by atoms with E-state index in [9.17, 15) is 0 Å². The van der Waals surface area contributed by atoms with Gasteiger partial charge in [0.1, 0.15) is 0 Å². The second kappa shape index (κ2) is 11.6. The average Bonchev–Trinajstić information content (AvgIpc) is 2.71. The zero-order valence-corrected chi connectivity index (χ0v) is 22.9. The first kappa shape index (κ1) is 23.8. The Labute approximate surface area is 182 Å².